The first-order valence-corrected chi connectivity index (χ1v) is 8.41. The summed E-state index contributed by atoms with van der Waals surface area (Å²) in [5.74, 6) is 1.08. The van der Waals surface area contributed by atoms with E-state index >= 15 is 0 Å². The average molecular weight is 324 g/mol. The molecule has 4 heteroatoms. The molecule has 2 aromatic rings. The Morgan fingerprint density at radius 2 is 1.71 bits per heavy atom. The summed E-state index contributed by atoms with van der Waals surface area (Å²) in [4.78, 5) is 17.2. The van der Waals surface area contributed by atoms with Crippen molar-refractivity contribution in [2.75, 3.05) is 38.2 Å². The van der Waals surface area contributed by atoms with Crippen LogP contribution in [0.25, 0.3) is 0 Å². The fraction of sp³-hybridized carbons (Fsp3) is 0.350. The molecular weight excluding hydrogens is 300 g/mol. The number of methoxy groups -OCH3 is 1. The van der Waals surface area contributed by atoms with Crippen LogP contribution in [0.2, 0.25) is 0 Å². The van der Waals surface area contributed by atoms with Crippen LogP contribution < -0.4 is 9.64 Å². The molecule has 0 bridgehead atoms. The Hall–Kier alpha value is -2.33. The Kier molecular flexibility index (Phi) is 5.16. The third kappa shape index (κ3) is 3.60. The van der Waals surface area contributed by atoms with E-state index in [0.29, 0.717) is 0 Å². The molecule has 1 saturated heterocycles. The van der Waals surface area contributed by atoms with Gasteiger partial charge in [0.1, 0.15) is 5.75 Å². The predicted molar refractivity (Wildman–Crippen MR) is 97.0 cm³/mol. The number of rotatable bonds is 5. The summed E-state index contributed by atoms with van der Waals surface area (Å²) in [7, 11) is 1.69. The smallest absolute Gasteiger partial charge is 0.179 e. The summed E-state index contributed by atoms with van der Waals surface area (Å²) in [5, 5.41) is 0. The highest BCUT2D eigenvalue weighted by Crippen LogP contribution is 2.23. The monoisotopic (exact) mass is 324 g/mol. The highest BCUT2D eigenvalue weighted by Gasteiger charge is 2.26. The van der Waals surface area contributed by atoms with Crippen molar-refractivity contribution in [3.05, 3.63) is 60.2 Å². The molecule has 0 aliphatic carbocycles. The van der Waals surface area contributed by atoms with Gasteiger partial charge in [-0.05, 0) is 19.1 Å². The Bertz CT molecular complexity index is 679. The first kappa shape index (κ1) is 16.5. The van der Waals surface area contributed by atoms with Gasteiger partial charge in [0.05, 0.1) is 13.2 Å². The number of benzene rings is 2. The van der Waals surface area contributed by atoms with Crippen molar-refractivity contribution in [2.24, 2.45) is 0 Å². The average Bonchev–Trinajstić information content (AvgIpc) is 2.67. The molecule has 1 aliphatic rings. The molecule has 1 atom stereocenters. The molecule has 0 aromatic heterocycles. The normalized spacial score (nSPS) is 16.7. The lowest BCUT2D eigenvalue weighted by molar-refractivity contribution is 0.0830. The van der Waals surface area contributed by atoms with Gasteiger partial charge in [0, 0.05) is 43.5 Å². The lowest BCUT2D eigenvalue weighted by Crippen LogP contribution is -2.51. The van der Waals surface area contributed by atoms with Gasteiger partial charge in [0.2, 0.25) is 0 Å². The zero-order valence-electron chi connectivity index (χ0n) is 14.3. The van der Waals surface area contributed by atoms with E-state index in [1.165, 1.54) is 5.69 Å². The molecule has 1 heterocycles. The Morgan fingerprint density at radius 1 is 1.00 bits per heavy atom. The van der Waals surface area contributed by atoms with Gasteiger partial charge in [-0.25, -0.2) is 0 Å². The van der Waals surface area contributed by atoms with E-state index in [1.807, 2.05) is 49.4 Å². The van der Waals surface area contributed by atoms with Crippen molar-refractivity contribution in [3.8, 4) is 5.75 Å². The van der Waals surface area contributed by atoms with Crippen LogP contribution in [0.4, 0.5) is 5.69 Å². The van der Waals surface area contributed by atoms with Crippen LogP contribution >= 0.6 is 0 Å². The Morgan fingerprint density at radius 3 is 2.38 bits per heavy atom. The van der Waals surface area contributed by atoms with Gasteiger partial charge in [-0.2, -0.15) is 0 Å². The largest absolute Gasteiger partial charge is 0.497 e. The molecule has 0 N–H and O–H groups in total. The number of ether oxygens (including phenoxy) is 1. The summed E-state index contributed by atoms with van der Waals surface area (Å²) >= 11 is 0. The van der Waals surface area contributed by atoms with E-state index in [1.54, 1.807) is 7.11 Å². The van der Waals surface area contributed by atoms with E-state index in [4.69, 9.17) is 4.74 Å². The maximum absolute atomic E-state index is 12.6. The molecule has 1 fully saturated rings. The topological polar surface area (TPSA) is 32.8 Å². The Balaban J connectivity index is 1.61. The number of hydrogen-bond donors (Lipinski definition) is 0. The quantitative estimate of drug-likeness (QED) is 0.791. The van der Waals surface area contributed by atoms with E-state index in [-0.39, 0.29) is 11.8 Å². The number of Topliss-reactive ketones (excluding diaryl/α,β-unsaturated/α-hetero) is 1. The summed E-state index contributed by atoms with van der Waals surface area (Å²) in [6.07, 6.45) is 0. The van der Waals surface area contributed by atoms with E-state index < -0.39 is 0 Å². The first-order chi connectivity index (χ1) is 11.7. The fourth-order valence-electron chi connectivity index (χ4n) is 3.18. The number of nitrogens with zero attached hydrogens (tertiary/aromatic N) is 2. The molecule has 0 radical (unpaired) electrons. The molecule has 24 heavy (non-hydrogen) atoms. The summed E-state index contributed by atoms with van der Waals surface area (Å²) in [6.45, 7) is 5.61. The first-order valence-electron chi connectivity index (χ1n) is 8.41. The molecule has 0 spiro atoms. The minimum absolute atomic E-state index is 0.0835. The molecule has 1 aliphatic heterocycles. The van der Waals surface area contributed by atoms with Gasteiger partial charge in [-0.3, -0.25) is 9.69 Å². The van der Waals surface area contributed by atoms with Crippen LogP contribution in [0.3, 0.4) is 0 Å². The number of carbonyl (C=O) groups is 1. The van der Waals surface area contributed by atoms with Gasteiger partial charge >= 0.3 is 0 Å². The maximum Gasteiger partial charge on any atom is 0.179 e. The summed E-state index contributed by atoms with van der Waals surface area (Å²) in [5.41, 5.74) is 1.97. The second-order valence-electron chi connectivity index (χ2n) is 6.13. The highest BCUT2D eigenvalue weighted by atomic mass is 16.5. The van der Waals surface area contributed by atoms with Crippen LogP contribution in [0.5, 0.6) is 5.75 Å². The molecule has 0 amide bonds. The molecule has 126 valence electrons. The lowest BCUT2D eigenvalue weighted by atomic mass is 10.0. The molecule has 0 saturated carbocycles. The zero-order chi connectivity index (χ0) is 16.9. The van der Waals surface area contributed by atoms with Gasteiger partial charge < -0.3 is 9.64 Å². The molecule has 1 unspecified atom stereocenters. The van der Waals surface area contributed by atoms with Crippen molar-refractivity contribution >= 4 is 11.5 Å². The lowest BCUT2D eigenvalue weighted by Gasteiger charge is -2.38. The van der Waals surface area contributed by atoms with E-state index in [2.05, 4.69) is 21.9 Å². The van der Waals surface area contributed by atoms with Crippen molar-refractivity contribution in [3.63, 3.8) is 0 Å². The van der Waals surface area contributed by atoms with Gasteiger partial charge in [0.25, 0.3) is 0 Å². The van der Waals surface area contributed by atoms with Crippen LogP contribution in [-0.4, -0.2) is 50.0 Å². The summed E-state index contributed by atoms with van der Waals surface area (Å²) in [6, 6.07) is 17.6. The second kappa shape index (κ2) is 7.49. The number of piperazine rings is 1. The minimum atomic E-state index is -0.0835. The van der Waals surface area contributed by atoms with Gasteiger partial charge in [-0.1, -0.05) is 36.4 Å². The highest BCUT2D eigenvalue weighted by molar-refractivity contribution is 5.99. The molecule has 4 nitrogen and oxygen atoms in total. The van der Waals surface area contributed by atoms with Crippen LogP contribution in [0, 0.1) is 0 Å². The second-order valence-corrected chi connectivity index (χ2v) is 6.13. The predicted octanol–water partition coefficient (Wildman–Crippen LogP) is 3.09. The molecule has 2 aromatic carbocycles. The number of ketones is 1. The van der Waals surface area contributed by atoms with Crippen LogP contribution in [0.1, 0.15) is 17.3 Å². The number of carbonyl (C=O) groups excluding carboxylic acids is 1. The van der Waals surface area contributed by atoms with E-state index in [0.717, 1.165) is 37.5 Å². The van der Waals surface area contributed by atoms with Crippen molar-refractivity contribution in [1.82, 2.24) is 4.90 Å². The molecule has 3 rings (SSSR count). The van der Waals surface area contributed by atoms with E-state index in [9.17, 15) is 4.79 Å². The standard InChI is InChI=1S/C20H24N2O2/c1-16(20(23)17-7-4-3-5-8-17)21-11-13-22(14-12-21)18-9-6-10-19(15-18)24-2/h3-10,15-16H,11-14H2,1-2H3. The van der Waals surface area contributed by atoms with Crippen molar-refractivity contribution in [2.45, 2.75) is 13.0 Å². The third-order valence-electron chi connectivity index (χ3n) is 4.72. The number of hydrogen-bond acceptors (Lipinski definition) is 4. The minimum Gasteiger partial charge on any atom is -0.497 e. The Labute approximate surface area is 143 Å². The SMILES string of the molecule is COc1cccc(N2CCN(C(C)C(=O)c3ccccc3)CC2)c1. The number of anilines is 1. The summed E-state index contributed by atoms with van der Waals surface area (Å²) < 4.78 is 5.30. The van der Waals surface area contributed by atoms with Gasteiger partial charge in [-0.15, -0.1) is 0 Å². The van der Waals surface area contributed by atoms with Crippen LogP contribution in [0.15, 0.2) is 54.6 Å². The zero-order valence-corrected chi connectivity index (χ0v) is 14.3. The van der Waals surface area contributed by atoms with Crippen LogP contribution in [-0.2, 0) is 0 Å². The fourth-order valence-corrected chi connectivity index (χ4v) is 3.18. The third-order valence-corrected chi connectivity index (χ3v) is 4.72. The van der Waals surface area contributed by atoms with Gasteiger partial charge in [0.15, 0.2) is 5.78 Å². The van der Waals surface area contributed by atoms with Crippen molar-refractivity contribution in [1.29, 1.82) is 0 Å². The maximum atomic E-state index is 12.6. The molecular formula is C20H24N2O2. The van der Waals surface area contributed by atoms with Crippen molar-refractivity contribution < 1.29 is 9.53 Å².